The molecule has 0 bridgehead atoms. The lowest BCUT2D eigenvalue weighted by atomic mass is 9.72. The number of hydrogen-bond donors (Lipinski definition) is 3. The normalized spacial score (nSPS) is 34.0. The SMILES string of the molecule is CC(=O)Nc1ccccc1C1(O)C(N)=NC2CCC(Cl)CC21. The number of amidine groups is 1. The Morgan fingerprint density at radius 2 is 2.18 bits per heavy atom. The Hall–Kier alpha value is -1.59. The molecule has 5 nitrogen and oxygen atoms in total. The molecule has 4 atom stereocenters. The minimum Gasteiger partial charge on any atom is -0.385 e. The van der Waals surface area contributed by atoms with Crippen molar-refractivity contribution < 1.29 is 9.90 Å². The van der Waals surface area contributed by atoms with Crippen molar-refractivity contribution in [3.05, 3.63) is 29.8 Å². The summed E-state index contributed by atoms with van der Waals surface area (Å²) in [7, 11) is 0. The summed E-state index contributed by atoms with van der Waals surface area (Å²) < 4.78 is 0. The first kappa shape index (κ1) is 15.3. The van der Waals surface area contributed by atoms with Crippen LogP contribution in [0.25, 0.3) is 0 Å². The van der Waals surface area contributed by atoms with Gasteiger partial charge in [0.1, 0.15) is 5.84 Å². The van der Waals surface area contributed by atoms with Crippen LogP contribution in [0.3, 0.4) is 0 Å². The molecule has 0 saturated heterocycles. The zero-order valence-electron chi connectivity index (χ0n) is 12.4. The number of carbonyl (C=O) groups excluding carboxylic acids is 1. The fourth-order valence-electron chi connectivity index (χ4n) is 3.63. The maximum absolute atomic E-state index is 11.4. The maximum atomic E-state index is 11.4. The van der Waals surface area contributed by atoms with Crippen LogP contribution in [-0.2, 0) is 10.4 Å². The number of anilines is 1. The van der Waals surface area contributed by atoms with Gasteiger partial charge in [0.25, 0.3) is 0 Å². The van der Waals surface area contributed by atoms with Gasteiger partial charge in [0.05, 0.1) is 6.04 Å². The number of nitrogens with one attached hydrogen (secondary N) is 1. The number of para-hydroxylation sites is 1. The zero-order valence-corrected chi connectivity index (χ0v) is 13.2. The van der Waals surface area contributed by atoms with E-state index in [9.17, 15) is 9.90 Å². The van der Waals surface area contributed by atoms with E-state index in [0.29, 0.717) is 17.7 Å². The fourth-order valence-corrected chi connectivity index (χ4v) is 3.94. The van der Waals surface area contributed by atoms with Crippen molar-refractivity contribution in [1.29, 1.82) is 0 Å². The van der Waals surface area contributed by atoms with Gasteiger partial charge in [0.15, 0.2) is 5.60 Å². The summed E-state index contributed by atoms with van der Waals surface area (Å²) in [6.07, 6.45) is 2.36. The molecule has 1 amide bonds. The molecule has 1 aliphatic heterocycles. The summed E-state index contributed by atoms with van der Waals surface area (Å²) in [6.45, 7) is 1.44. The molecule has 1 aromatic rings. The van der Waals surface area contributed by atoms with E-state index in [1.165, 1.54) is 6.92 Å². The van der Waals surface area contributed by atoms with Crippen LogP contribution >= 0.6 is 11.6 Å². The molecule has 4 N–H and O–H groups in total. The number of benzene rings is 1. The topological polar surface area (TPSA) is 87.7 Å². The first-order valence-corrected chi connectivity index (χ1v) is 7.94. The van der Waals surface area contributed by atoms with Crippen LogP contribution in [0.2, 0.25) is 0 Å². The Kier molecular flexibility index (Phi) is 3.87. The summed E-state index contributed by atoms with van der Waals surface area (Å²) in [6, 6.07) is 7.17. The first-order chi connectivity index (χ1) is 10.4. The number of aliphatic hydroxyl groups is 1. The molecule has 3 rings (SSSR count). The van der Waals surface area contributed by atoms with Gasteiger partial charge in [-0.2, -0.15) is 0 Å². The van der Waals surface area contributed by atoms with Gasteiger partial charge < -0.3 is 16.2 Å². The van der Waals surface area contributed by atoms with Crippen molar-refractivity contribution in [2.24, 2.45) is 16.6 Å². The molecule has 1 heterocycles. The van der Waals surface area contributed by atoms with E-state index in [0.717, 1.165) is 12.8 Å². The number of amides is 1. The monoisotopic (exact) mass is 321 g/mol. The lowest BCUT2D eigenvalue weighted by Gasteiger charge is -2.37. The summed E-state index contributed by atoms with van der Waals surface area (Å²) in [5.74, 6) is -0.135. The fraction of sp³-hybridized carbons (Fsp3) is 0.500. The average Bonchev–Trinajstić information content (AvgIpc) is 2.72. The standard InChI is InChI=1S/C16H20ClN3O2/c1-9(21)19-13-5-3-2-4-11(13)16(22)12-8-10(17)6-7-14(12)20-15(16)18/h2-5,10,12,14,22H,6-8H2,1H3,(H2,18,20)(H,19,21). The lowest BCUT2D eigenvalue weighted by molar-refractivity contribution is -0.114. The third-order valence-electron chi connectivity index (χ3n) is 4.63. The number of rotatable bonds is 2. The van der Waals surface area contributed by atoms with Crippen molar-refractivity contribution in [1.82, 2.24) is 0 Å². The van der Waals surface area contributed by atoms with Gasteiger partial charge in [-0.15, -0.1) is 11.6 Å². The number of aliphatic imine (C=N–C) groups is 1. The highest BCUT2D eigenvalue weighted by molar-refractivity contribution is 6.20. The predicted octanol–water partition coefficient (Wildman–Crippen LogP) is 1.98. The lowest BCUT2D eigenvalue weighted by Crippen LogP contribution is -2.47. The van der Waals surface area contributed by atoms with Crippen LogP contribution in [0.1, 0.15) is 31.7 Å². The van der Waals surface area contributed by atoms with E-state index < -0.39 is 5.60 Å². The van der Waals surface area contributed by atoms with E-state index >= 15 is 0 Å². The van der Waals surface area contributed by atoms with E-state index in [-0.39, 0.29) is 29.1 Å². The van der Waals surface area contributed by atoms with E-state index in [4.69, 9.17) is 17.3 Å². The second kappa shape index (κ2) is 5.56. The van der Waals surface area contributed by atoms with Gasteiger partial charge >= 0.3 is 0 Å². The highest BCUT2D eigenvalue weighted by Gasteiger charge is 2.53. The largest absolute Gasteiger partial charge is 0.385 e. The van der Waals surface area contributed by atoms with Crippen LogP contribution in [0.15, 0.2) is 29.3 Å². The molecule has 0 aromatic heterocycles. The zero-order chi connectivity index (χ0) is 15.9. The first-order valence-electron chi connectivity index (χ1n) is 7.50. The molecule has 4 unspecified atom stereocenters. The third-order valence-corrected chi connectivity index (χ3v) is 5.03. The molecule has 1 aromatic carbocycles. The Labute approximate surface area is 134 Å². The Morgan fingerprint density at radius 3 is 2.91 bits per heavy atom. The maximum Gasteiger partial charge on any atom is 0.221 e. The molecule has 1 aliphatic carbocycles. The Morgan fingerprint density at radius 1 is 1.45 bits per heavy atom. The number of nitrogens with zero attached hydrogens (tertiary/aromatic N) is 1. The van der Waals surface area contributed by atoms with Crippen molar-refractivity contribution in [3.63, 3.8) is 0 Å². The highest BCUT2D eigenvalue weighted by atomic mass is 35.5. The van der Waals surface area contributed by atoms with Gasteiger partial charge in [-0.25, -0.2) is 0 Å². The minimum atomic E-state index is -1.38. The number of hydrogen-bond acceptors (Lipinski definition) is 4. The smallest absolute Gasteiger partial charge is 0.221 e. The Balaban J connectivity index is 2.05. The number of alkyl halides is 1. The summed E-state index contributed by atoms with van der Waals surface area (Å²) >= 11 is 6.30. The van der Waals surface area contributed by atoms with Gasteiger partial charge in [0.2, 0.25) is 5.91 Å². The minimum absolute atomic E-state index is 0.00890. The van der Waals surface area contributed by atoms with Gasteiger partial charge in [-0.05, 0) is 25.3 Å². The van der Waals surface area contributed by atoms with E-state index in [1.807, 2.05) is 12.1 Å². The van der Waals surface area contributed by atoms with Crippen molar-refractivity contribution >= 4 is 29.0 Å². The van der Waals surface area contributed by atoms with Gasteiger partial charge in [-0.3, -0.25) is 9.79 Å². The summed E-state index contributed by atoms with van der Waals surface area (Å²) in [5.41, 5.74) is 5.87. The van der Waals surface area contributed by atoms with Crippen molar-refractivity contribution in [2.45, 2.75) is 43.2 Å². The highest BCUT2D eigenvalue weighted by Crippen LogP contribution is 2.48. The van der Waals surface area contributed by atoms with Crippen molar-refractivity contribution in [3.8, 4) is 0 Å². The van der Waals surface area contributed by atoms with Crippen LogP contribution in [0.4, 0.5) is 5.69 Å². The van der Waals surface area contributed by atoms with Crippen LogP contribution in [-0.4, -0.2) is 28.3 Å². The Bertz CT molecular complexity index is 634. The third kappa shape index (κ3) is 2.38. The number of nitrogens with two attached hydrogens (primary N) is 1. The molecule has 22 heavy (non-hydrogen) atoms. The molecule has 1 saturated carbocycles. The average molecular weight is 322 g/mol. The molecular weight excluding hydrogens is 302 g/mol. The van der Waals surface area contributed by atoms with Crippen LogP contribution in [0, 0.1) is 5.92 Å². The van der Waals surface area contributed by atoms with E-state index in [2.05, 4.69) is 10.3 Å². The predicted molar refractivity (Wildman–Crippen MR) is 87.0 cm³/mol. The number of carbonyl (C=O) groups is 1. The molecular formula is C16H20ClN3O2. The number of fused-ring (bicyclic) bond motifs is 1. The van der Waals surface area contributed by atoms with E-state index in [1.54, 1.807) is 12.1 Å². The summed E-state index contributed by atoms with van der Waals surface area (Å²) in [4.78, 5) is 15.9. The van der Waals surface area contributed by atoms with Crippen LogP contribution < -0.4 is 11.1 Å². The van der Waals surface area contributed by atoms with Crippen molar-refractivity contribution in [2.75, 3.05) is 5.32 Å². The molecule has 0 spiro atoms. The molecule has 0 radical (unpaired) electrons. The van der Waals surface area contributed by atoms with Gasteiger partial charge in [-0.1, -0.05) is 18.2 Å². The second-order valence-electron chi connectivity index (χ2n) is 6.09. The number of halogens is 1. The quantitative estimate of drug-likeness (QED) is 0.728. The molecule has 118 valence electrons. The second-order valence-corrected chi connectivity index (χ2v) is 6.71. The molecule has 2 aliphatic rings. The molecule has 1 fully saturated rings. The van der Waals surface area contributed by atoms with Gasteiger partial charge in [0, 0.05) is 29.5 Å². The molecule has 6 heteroatoms. The summed E-state index contributed by atoms with van der Waals surface area (Å²) in [5, 5.41) is 14.1. The van der Waals surface area contributed by atoms with Crippen LogP contribution in [0.5, 0.6) is 0 Å².